The molecule has 4 N–H and O–H groups in total. The van der Waals surface area contributed by atoms with Crippen molar-refractivity contribution in [2.24, 2.45) is 5.73 Å². The van der Waals surface area contributed by atoms with Crippen LogP contribution in [0.3, 0.4) is 0 Å². The Morgan fingerprint density at radius 3 is 2.60 bits per heavy atom. The van der Waals surface area contributed by atoms with E-state index in [0.717, 1.165) is 37.3 Å². The van der Waals surface area contributed by atoms with Crippen molar-refractivity contribution in [3.63, 3.8) is 0 Å². The number of aromatic amines is 1. The molecule has 1 aliphatic heterocycles. The van der Waals surface area contributed by atoms with E-state index in [-0.39, 0.29) is 17.4 Å². The highest BCUT2D eigenvalue weighted by Crippen LogP contribution is 2.23. The van der Waals surface area contributed by atoms with Gasteiger partial charge in [-0.3, -0.25) is 9.59 Å². The predicted octanol–water partition coefficient (Wildman–Crippen LogP) is 4.02. The zero-order chi connectivity index (χ0) is 24.4. The van der Waals surface area contributed by atoms with Crippen molar-refractivity contribution in [2.45, 2.75) is 24.9 Å². The number of anilines is 1. The molecular formula is C27H26ClN5O2. The molecule has 2 aromatic heterocycles. The molecule has 8 heteroatoms. The molecule has 7 nitrogen and oxygen atoms in total. The van der Waals surface area contributed by atoms with Crippen LogP contribution in [0.1, 0.15) is 40.4 Å². The molecule has 4 aromatic rings. The second kappa shape index (κ2) is 9.90. The molecule has 2 aromatic carbocycles. The number of carbonyl (C=O) groups excluding carboxylic acids is 1. The maximum atomic E-state index is 13.4. The third-order valence-corrected chi connectivity index (χ3v) is 6.70. The number of carbonyl (C=O) groups is 1. The van der Waals surface area contributed by atoms with Gasteiger partial charge in [-0.05, 0) is 48.7 Å². The second-order valence-electron chi connectivity index (χ2n) is 8.81. The number of nitrogens with two attached hydrogens (primary N) is 1. The molecule has 1 amide bonds. The lowest BCUT2D eigenvalue weighted by molar-refractivity contribution is 0.0942. The van der Waals surface area contributed by atoms with E-state index in [9.17, 15) is 9.59 Å². The van der Waals surface area contributed by atoms with Crippen molar-refractivity contribution in [2.75, 3.05) is 18.0 Å². The summed E-state index contributed by atoms with van der Waals surface area (Å²) in [6.07, 6.45) is 5.07. The van der Waals surface area contributed by atoms with Gasteiger partial charge in [-0.25, -0.2) is 4.98 Å². The molecule has 178 valence electrons. The van der Waals surface area contributed by atoms with E-state index in [1.807, 2.05) is 36.4 Å². The highest BCUT2D eigenvalue weighted by Gasteiger charge is 2.23. The Balaban J connectivity index is 1.44. The fourth-order valence-corrected chi connectivity index (χ4v) is 4.63. The number of piperidine rings is 1. The summed E-state index contributed by atoms with van der Waals surface area (Å²) >= 11 is 6.08. The van der Waals surface area contributed by atoms with Crippen molar-refractivity contribution in [1.29, 1.82) is 0 Å². The number of halogens is 1. The molecule has 3 heterocycles. The third kappa shape index (κ3) is 4.92. The van der Waals surface area contributed by atoms with Crippen LogP contribution in [0.4, 0.5) is 5.82 Å². The lowest BCUT2D eigenvalue weighted by atomic mass is 9.98. The molecule has 5 rings (SSSR count). The minimum Gasteiger partial charge on any atom is -0.361 e. The van der Waals surface area contributed by atoms with Crippen molar-refractivity contribution < 1.29 is 4.79 Å². The summed E-state index contributed by atoms with van der Waals surface area (Å²) in [6.45, 7) is 1.71. The minimum atomic E-state index is -0.643. The van der Waals surface area contributed by atoms with Crippen LogP contribution in [0.15, 0.2) is 77.9 Å². The van der Waals surface area contributed by atoms with Crippen LogP contribution < -0.4 is 21.4 Å². The number of fused-ring (bicyclic) bond motifs is 1. The number of hydrogen-bond donors (Lipinski definition) is 3. The number of rotatable bonds is 5. The monoisotopic (exact) mass is 487 g/mol. The Morgan fingerprint density at radius 2 is 1.89 bits per heavy atom. The van der Waals surface area contributed by atoms with Gasteiger partial charge >= 0.3 is 0 Å². The molecule has 1 unspecified atom stereocenters. The summed E-state index contributed by atoms with van der Waals surface area (Å²) in [7, 11) is 0. The van der Waals surface area contributed by atoms with Gasteiger partial charge < -0.3 is 20.9 Å². The number of aromatic nitrogens is 2. The topological polar surface area (TPSA) is 104 Å². The average Bonchev–Trinajstić information content (AvgIpc) is 2.89. The first kappa shape index (κ1) is 23.1. The van der Waals surface area contributed by atoms with E-state index < -0.39 is 6.04 Å². The number of nitrogens with one attached hydrogen (secondary N) is 2. The third-order valence-electron chi connectivity index (χ3n) is 6.46. The Kier molecular flexibility index (Phi) is 6.53. The number of hydrogen-bond acceptors (Lipinski definition) is 5. The zero-order valence-electron chi connectivity index (χ0n) is 19.1. The van der Waals surface area contributed by atoms with Gasteiger partial charge in [0.1, 0.15) is 5.82 Å². The number of pyridine rings is 2. The maximum absolute atomic E-state index is 13.4. The molecule has 35 heavy (non-hydrogen) atoms. The Bertz CT molecular complexity index is 1400. The molecule has 1 atom stereocenters. The first-order chi connectivity index (χ1) is 17.0. The summed E-state index contributed by atoms with van der Waals surface area (Å²) in [5.41, 5.74) is 8.14. The summed E-state index contributed by atoms with van der Waals surface area (Å²) in [4.78, 5) is 36.5. The van der Waals surface area contributed by atoms with Crippen LogP contribution >= 0.6 is 11.6 Å². The predicted molar refractivity (Wildman–Crippen MR) is 139 cm³/mol. The van der Waals surface area contributed by atoms with Crippen molar-refractivity contribution in [3.8, 4) is 0 Å². The van der Waals surface area contributed by atoms with Crippen molar-refractivity contribution in [3.05, 3.63) is 105 Å². The molecule has 0 aliphatic carbocycles. The maximum Gasteiger partial charge on any atom is 0.253 e. The van der Waals surface area contributed by atoms with Gasteiger partial charge in [0.15, 0.2) is 5.43 Å². The quantitative estimate of drug-likeness (QED) is 0.394. The summed E-state index contributed by atoms with van der Waals surface area (Å²) in [5.74, 6) is 0.520. The first-order valence-corrected chi connectivity index (χ1v) is 12.0. The molecular weight excluding hydrogens is 462 g/mol. The Hall–Kier alpha value is -3.68. The molecule has 0 saturated carbocycles. The normalized spacial score (nSPS) is 15.2. The van der Waals surface area contributed by atoms with Crippen LogP contribution in [0.2, 0.25) is 5.02 Å². The Labute approximate surface area is 207 Å². The average molecular weight is 488 g/mol. The van der Waals surface area contributed by atoms with Crippen LogP contribution in [-0.2, 0) is 0 Å². The fraction of sp³-hybridized carbons (Fsp3) is 0.222. The van der Waals surface area contributed by atoms with Crippen LogP contribution in [0.25, 0.3) is 10.9 Å². The summed E-state index contributed by atoms with van der Waals surface area (Å²) in [5, 5.41) is 4.08. The largest absolute Gasteiger partial charge is 0.361 e. The Morgan fingerprint density at radius 1 is 1.11 bits per heavy atom. The molecule has 1 fully saturated rings. The van der Waals surface area contributed by atoms with E-state index in [1.54, 1.807) is 36.7 Å². The fourth-order valence-electron chi connectivity index (χ4n) is 4.46. The number of amides is 1. The smallest absolute Gasteiger partial charge is 0.253 e. The van der Waals surface area contributed by atoms with Gasteiger partial charge in [0, 0.05) is 47.5 Å². The van der Waals surface area contributed by atoms with Crippen LogP contribution in [0, 0.1) is 0 Å². The van der Waals surface area contributed by atoms with Gasteiger partial charge in [0.2, 0.25) is 0 Å². The number of nitrogens with zero attached hydrogens (tertiary/aromatic N) is 2. The van der Waals surface area contributed by atoms with E-state index in [4.69, 9.17) is 17.3 Å². The molecule has 1 aliphatic rings. The highest BCUT2D eigenvalue weighted by atomic mass is 35.5. The lowest BCUT2D eigenvalue weighted by Gasteiger charge is -2.31. The summed E-state index contributed by atoms with van der Waals surface area (Å²) < 4.78 is 0. The van der Waals surface area contributed by atoms with E-state index in [1.165, 1.54) is 0 Å². The van der Waals surface area contributed by atoms with Gasteiger partial charge in [0.25, 0.3) is 5.91 Å². The van der Waals surface area contributed by atoms with Crippen molar-refractivity contribution >= 4 is 34.2 Å². The number of H-pyrrole nitrogens is 1. The molecule has 1 saturated heterocycles. The standard InChI is InChI=1S/C27H26ClN5O2/c28-19-7-8-21-23(14-19)30-16-22(26(21)34)25(17-4-2-1-3-5-17)32-27(35)18-6-9-24(31-15-18)33-12-10-20(29)11-13-33/h1-9,14-16,20,25H,10-13,29H2,(H,30,34)(H,32,35). The van der Waals surface area contributed by atoms with E-state index in [0.29, 0.717) is 27.1 Å². The minimum absolute atomic E-state index is 0.165. The van der Waals surface area contributed by atoms with Gasteiger partial charge in [-0.2, -0.15) is 0 Å². The zero-order valence-corrected chi connectivity index (χ0v) is 19.8. The second-order valence-corrected chi connectivity index (χ2v) is 9.25. The summed E-state index contributed by atoms with van der Waals surface area (Å²) in [6, 6.07) is 17.7. The molecule has 0 radical (unpaired) electrons. The van der Waals surface area contributed by atoms with Gasteiger partial charge in [-0.15, -0.1) is 0 Å². The molecule has 0 bridgehead atoms. The first-order valence-electron chi connectivity index (χ1n) is 11.6. The molecule has 0 spiro atoms. The SMILES string of the molecule is NC1CCN(c2ccc(C(=O)NC(c3ccccc3)c3c[nH]c4cc(Cl)ccc4c3=O)cn2)CC1. The van der Waals surface area contributed by atoms with E-state index >= 15 is 0 Å². The lowest BCUT2D eigenvalue weighted by Crippen LogP contribution is -2.40. The van der Waals surface area contributed by atoms with Crippen LogP contribution in [0.5, 0.6) is 0 Å². The number of benzene rings is 2. The van der Waals surface area contributed by atoms with Crippen molar-refractivity contribution in [1.82, 2.24) is 15.3 Å². The van der Waals surface area contributed by atoms with Gasteiger partial charge in [0.05, 0.1) is 17.1 Å². The van der Waals surface area contributed by atoms with Gasteiger partial charge in [-0.1, -0.05) is 41.9 Å². The highest BCUT2D eigenvalue weighted by molar-refractivity contribution is 6.31. The van der Waals surface area contributed by atoms with E-state index in [2.05, 4.69) is 20.2 Å². The van der Waals surface area contributed by atoms with Crippen LogP contribution in [-0.4, -0.2) is 35.0 Å².